The zero-order chi connectivity index (χ0) is 12.8. The van der Waals surface area contributed by atoms with Crippen LogP contribution in [-0.4, -0.2) is 17.5 Å². The van der Waals surface area contributed by atoms with E-state index >= 15 is 0 Å². The van der Waals surface area contributed by atoms with Gasteiger partial charge in [-0.3, -0.25) is 10.1 Å². The number of ether oxygens (including phenoxy) is 1. The van der Waals surface area contributed by atoms with Crippen LogP contribution in [0.15, 0.2) is 30.3 Å². The molecule has 0 aromatic heterocycles. The lowest BCUT2D eigenvalue weighted by molar-refractivity contribution is -0.384. The van der Waals surface area contributed by atoms with Gasteiger partial charge in [-0.1, -0.05) is 12.1 Å². The van der Waals surface area contributed by atoms with Gasteiger partial charge in [0.15, 0.2) is 0 Å². The van der Waals surface area contributed by atoms with E-state index < -0.39 is 10.9 Å². The summed E-state index contributed by atoms with van der Waals surface area (Å²) in [5, 5.41) is 10.6. The summed E-state index contributed by atoms with van der Waals surface area (Å²) in [6, 6.07) is 6.11. The second-order valence-electron chi connectivity index (χ2n) is 3.39. The predicted octanol–water partition coefficient (Wildman–Crippen LogP) is 2.56. The topological polar surface area (TPSA) is 69.4 Å². The SMILES string of the molecule is CCOC(=O)C=C(C)c1cccc([N+](=O)[O-])c1. The van der Waals surface area contributed by atoms with Gasteiger partial charge in [0.2, 0.25) is 0 Å². The molecule has 0 heterocycles. The number of nitrogens with zero attached hydrogens (tertiary/aromatic N) is 1. The number of nitro groups is 1. The minimum absolute atomic E-state index is 0.000825. The van der Waals surface area contributed by atoms with Gasteiger partial charge in [0.25, 0.3) is 5.69 Å². The zero-order valence-electron chi connectivity index (χ0n) is 9.67. The molecule has 1 rings (SSSR count). The molecule has 0 N–H and O–H groups in total. The average molecular weight is 235 g/mol. The van der Waals surface area contributed by atoms with E-state index in [0.717, 1.165) is 0 Å². The van der Waals surface area contributed by atoms with E-state index in [0.29, 0.717) is 17.7 Å². The van der Waals surface area contributed by atoms with E-state index in [2.05, 4.69) is 0 Å². The Balaban J connectivity index is 2.96. The van der Waals surface area contributed by atoms with Crippen LogP contribution in [0.5, 0.6) is 0 Å². The molecular formula is C12H13NO4. The van der Waals surface area contributed by atoms with Crippen LogP contribution >= 0.6 is 0 Å². The molecule has 0 aliphatic carbocycles. The van der Waals surface area contributed by atoms with Gasteiger partial charge in [-0.15, -0.1) is 0 Å². The molecule has 0 aliphatic rings. The molecule has 0 saturated heterocycles. The van der Waals surface area contributed by atoms with Crippen LogP contribution in [0.4, 0.5) is 5.69 Å². The third-order valence-corrected chi connectivity index (χ3v) is 2.13. The van der Waals surface area contributed by atoms with Crippen LogP contribution < -0.4 is 0 Å². The fraction of sp³-hybridized carbons (Fsp3) is 0.250. The molecule has 0 radical (unpaired) electrons. The molecule has 0 atom stereocenters. The maximum Gasteiger partial charge on any atom is 0.331 e. The summed E-state index contributed by atoms with van der Waals surface area (Å²) >= 11 is 0. The number of hydrogen-bond acceptors (Lipinski definition) is 4. The Kier molecular flexibility index (Phi) is 4.39. The van der Waals surface area contributed by atoms with Crippen LogP contribution in [0.1, 0.15) is 19.4 Å². The highest BCUT2D eigenvalue weighted by Crippen LogP contribution is 2.19. The number of carbonyl (C=O) groups excluding carboxylic acids is 1. The summed E-state index contributed by atoms with van der Waals surface area (Å²) in [5.74, 6) is -0.448. The van der Waals surface area contributed by atoms with E-state index in [1.54, 1.807) is 26.0 Å². The lowest BCUT2D eigenvalue weighted by Crippen LogP contribution is -2.00. The molecule has 5 heteroatoms. The molecule has 5 nitrogen and oxygen atoms in total. The second-order valence-corrected chi connectivity index (χ2v) is 3.39. The van der Waals surface area contributed by atoms with Crippen LogP contribution in [0.3, 0.4) is 0 Å². The van der Waals surface area contributed by atoms with Crippen LogP contribution in [0.2, 0.25) is 0 Å². The molecule has 0 bridgehead atoms. The van der Waals surface area contributed by atoms with Gasteiger partial charge in [0, 0.05) is 18.2 Å². The van der Waals surface area contributed by atoms with Crippen molar-refractivity contribution in [2.45, 2.75) is 13.8 Å². The molecule has 0 spiro atoms. The van der Waals surface area contributed by atoms with Crippen LogP contribution in [0, 0.1) is 10.1 Å². The van der Waals surface area contributed by atoms with Gasteiger partial charge in [0.1, 0.15) is 0 Å². The number of carbonyl (C=O) groups is 1. The minimum Gasteiger partial charge on any atom is -0.463 e. The Morgan fingerprint density at radius 2 is 2.24 bits per heavy atom. The van der Waals surface area contributed by atoms with Crippen molar-refractivity contribution in [2.75, 3.05) is 6.61 Å². The first-order valence-electron chi connectivity index (χ1n) is 5.14. The number of benzene rings is 1. The molecule has 90 valence electrons. The fourth-order valence-electron chi connectivity index (χ4n) is 1.31. The van der Waals surface area contributed by atoms with Crippen molar-refractivity contribution in [1.82, 2.24) is 0 Å². The Labute approximate surface area is 98.9 Å². The Hall–Kier alpha value is -2.17. The van der Waals surface area contributed by atoms with Crippen molar-refractivity contribution < 1.29 is 14.5 Å². The first kappa shape index (κ1) is 12.9. The van der Waals surface area contributed by atoms with Crippen molar-refractivity contribution >= 4 is 17.2 Å². The lowest BCUT2D eigenvalue weighted by atomic mass is 10.1. The van der Waals surface area contributed by atoms with E-state index in [9.17, 15) is 14.9 Å². The first-order chi connectivity index (χ1) is 8.04. The molecule has 0 fully saturated rings. The predicted molar refractivity (Wildman–Crippen MR) is 63.4 cm³/mol. The van der Waals surface area contributed by atoms with Crippen molar-refractivity contribution in [3.05, 3.63) is 46.0 Å². The monoisotopic (exact) mass is 235 g/mol. The van der Waals surface area contributed by atoms with Gasteiger partial charge < -0.3 is 4.74 Å². The summed E-state index contributed by atoms with van der Waals surface area (Å²) in [5.41, 5.74) is 1.26. The molecule has 0 amide bonds. The first-order valence-corrected chi connectivity index (χ1v) is 5.14. The third-order valence-electron chi connectivity index (χ3n) is 2.13. The Bertz CT molecular complexity index is 465. The number of allylic oxidation sites excluding steroid dienone is 1. The molecule has 0 unspecified atom stereocenters. The quantitative estimate of drug-likeness (QED) is 0.348. The van der Waals surface area contributed by atoms with Crippen molar-refractivity contribution in [1.29, 1.82) is 0 Å². The van der Waals surface area contributed by atoms with E-state index in [-0.39, 0.29) is 5.69 Å². The van der Waals surface area contributed by atoms with Crippen molar-refractivity contribution in [2.24, 2.45) is 0 Å². The lowest BCUT2D eigenvalue weighted by Gasteiger charge is -2.01. The fourth-order valence-corrected chi connectivity index (χ4v) is 1.31. The summed E-state index contributed by atoms with van der Waals surface area (Å²) < 4.78 is 4.76. The number of rotatable bonds is 4. The number of hydrogen-bond donors (Lipinski definition) is 0. The standard InChI is InChI=1S/C12H13NO4/c1-3-17-12(14)7-9(2)10-5-4-6-11(8-10)13(15)16/h4-8H,3H2,1-2H3. The Morgan fingerprint density at radius 1 is 1.53 bits per heavy atom. The number of nitro benzene ring substituents is 1. The minimum atomic E-state index is -0.471. The van der Waals surface area contributed by atoms with Crippen LogP contribution in [0.25, 0.3) is 5.57 Å². The maximum absolute atomic E-state index is 11.2. The molecular weight excluding hydrogens is 222 g/mol. The normalized spacial score (nSPS) is 11.1. The highest BCUT2D eigenvalue weighted by atomic mass is 16.6. The molecule has 1 aromatic carbocycles. The molecule has 0 aliphatic heterocycles. The maximum atomic E-state index is 11.2. The van der Waals surface area contributed by atoms with E-state index in [4.69, 9.17) is 4.74 Å². The van der Waals surface area contributed by atoms with E-state index in [1.807, 2.05) is 0 Å². The smallest absolute Gasteiger partial charge is 0.331 e. The van der Waals surface area contributed by atoms with Gasteiger partial charge in [-0.05, 0) is 25.0 Å². The van der Waals surface area contributed by atoms with Gasteiger partial charge in [0.05, 0.1) is 11.5 Å². The number of non-ortho nitro benzene ring substituents is 1. The molecule has 17 heavy (non-hydrogen) atoms. The Morgan fingerprint density at radius 3 is 2.82 bits per heavy atom. The van der Waals surface area contributed by atoms with Gasteiger partial charge in [-0.25, -0.2) is 4.79 Å². The summed E-state index contributed by atoms with van der Waals surface area (Å²) in [4.78, 5) is 21.3. The number of esters is 1. The molecule has 1 aromatic rings. The largest absolute Gasteiger partial charge is 0.463 e. The van der Waals surface area contributed by atoms with Crippen molar-refractivity contribution in [3.8, 4) is 0 Å². The third kappa shape index (κ3) is 3.71. The highest BCUT2D eigenvalue weighted by molar-refractivity contribution is 5.91. The summed E-state index contributed by atoms with van der Waals surface area (Å²) in [6.45, 7) is 3.72. The van der Waals surface area contributed by atoms with Gasteiger partial charge in [-0.2, -0.15) is 0 Å². The summed E-state index contributed by atoms with van der Waals surface area (Å²) in [7, 11) is 0. The van der Waals surface area contributed by atoms with Crippen LogP contribution in [-0.2, 0) is 9.53 Å². The summed E-state index contributed by atoms with van der Waals surface area (Å²) in [6.07, 6.45) is 1.32. The second kappa shape index (κ2) is 5.79. The van der Waals surface area contributed by atoms with E-state index in [1.165, 1.54) is 18.2 Å². The molecule has 0 saturated carbocycles. The average Bonchev–Trinajstić information content (AvgIpc) is 2.29. The highest BCUT2D eigenvalue weighted by Gasteiger charge is 2.07. The van der Waals surface area contributed by atoms with Crippen molar-refractivity contribution in [3.63, 3.8) is 0 Å². The van der Waals surface area contributed by atoms with Gasteiger partial charge >= 0.3 is 5.97 Å². The zero-order valence-corrected chi connectivity index (χ0v) is 9.67.